The van der Waals surface area contributed by atoms with E-state index in [1.165, 1.54) is 11.1 Å². The quantitative estimate of drug-likeness (QED) is 0.331. The summed E-state index contributed by atoms with van der Waals surface area (Å²) >= 11 is 3.51. The van der Waals surface area contributed by atoms with Crippen molar-refractivity contribution in [1.82, 2.24) is 10.6 Å². The van der Waals surface area contributed by atoms with Crippen molar-refractivity contribution < 1.29 is 9.47 Å². The van der Waals surface area contributed by atoms with Crippen molar-refractivity contribution in [1.29, 1.82) is 0 Å². The molecule has 0 bridgehead atoms. The van der Waals surface area contributed by atoms with Crippen molar-refractivity contribution in [3.05, 3.63) is 57.6 Å². The van der Waals surface area contributed by atoms with Gasteiger partial charge in [0.1, 0.15) is 0 Å². The molecule has 0 fully saturated rings. The maximum absolute atomic E-state index is 5.38. The van der Waals surface area contributed by atoms with Gasteiger partial charge in [0.05, 0.1) is 18.7 Å². The van der Waals surface area contributed by atoms with Crippen LogP contribution in [-0.2, 0) is 13.1 Å². The molecule has 0 radical (unpaired) electrons. The van der Waals surface area contributed by atoms with Gasteiger partial charge in [0.25, 0.3) is 0 Å². The van der Waals surface area contributed by atoms with E-state index in [0.29, 0.717) is 18.0 Å². The van der Waals surface area contributed by atoms with Crippen LogP contribution in [0.1, 0.15) is 16.7 Å². The van der Waals surface area contributed by atoms with E-state index in [1.54, 1.807) is 21.3 Å². The Morgan fingerprint density at radius 3 is 2.15 bits per heavy atom. The minimum Gasteiger partial charge on any atom is -0.493 e. The van der Waals surface area contributed by atoms with E-state index in [9.17, 15) is 0 Å². The summed E-state index contributed by atoms with van der Waals surface area (Å²) in [6, 6.07) is 12.4. The third-order valence-electron chi connectivity index (χ3n) is 3.76. The molecule has 142 valence electrons. The van der Waals surface area contributed by atoms with Gasteiger partial charge in [-0.15, -0.1) is 24.0 Å². The number of benzene rings is 2. The molecule has 2 rings (SSSR count). The number of nitrogens with one attached hydrogen (secondary N) is 2. The van der Waals surface area contributed by atoms with Gasteiger partial charge in [-0.3, -0.25) is 4.99 Å². The SMILES string of the molecule is CN=C(NCc1ccc(C)cc1)NCc1cc(Br)c(OC)c(OC)c1.I. The van der Waals surface area contributed by atoms with Gasteiger partial charge in [0, 0.05) is 20.1 Å². The number of methoxy groups -OCH3 is 2. The van der Waals surface area contributed by atoms with Crippen LogP contribution >= 0.6 is 39.9 Å². The molecular formula is C19H25BrIN3O2. The molecule has 0 atom stereocenters. The molecule has 2 N–H and O–H groups in total. The zero-order valence-electron chi connectivity index (χ0n) is 15.4. The molecule has 0 aromatic heterocycles. The van der Waals surface area contributed by atoms with Crippen molar-refractivity contribution in [3.63, 3.8) is 0 Å². The van der Waals surface area contributed by atoms with Gasteiger partial charge >= 0.3 is 0 Å². The Bertz CT molecular complexity index is 736. The van der Waals surface area contributed by atoms with Crippen LogP contribution in [0.4, 0.5) is 0 Å². The summed E-state index contributed by atoms with van der Waals surface area (Å²) in [5, 5.41) is 6.62. The second-order valence-electron chi connectivity index (χ2n) is 5.58. The predicted octanol–water partition coefficient (Wildman–Crippen LogP) is 4.26. The summed E-state index contributed by atoms with van der Waals surface area (Å²) in [5.74, 6) is 2.12. The van der Waals surface area contributed by atoms with E-state index >= 15 is 0 Å². The molecule has 2 aromatic carbocycles. The Hall–Kier alpha value is -1.48. The van der Waals surface area contributed by atoms with Crippen molar-refractivity contribution in [2.24, 2.45) is 4.99 Å². The number of aliphatic imine (C=N–C) groups is 1. The first kappa shape index (κ1) is 22.6. The van der Waals surface area contributed by atoms with E-state index in [4.69, 9.17) is 9.47 Å². The lowest BCUT2D eigenvalue weighted by molar-refractivity contribution is 0.352. The first-order chi connectivity index (χ1) is 12.1. The van der Waals surface area contributed by atoms with Crippen LogP contribution in [0.15, 0.2) is 45.9 Å². The fourth-order valence-corrected chi connectivity index (χ4v) is 3.02. The average molecular weight is 534 g/mol. The highest BCUT2D eigenvalue weighted by molar-refractivity contribution is 14.0. The van der Waals surface area contributed by atoms with Gasteiger partial charge in [-0.25, -0.2) is 0 Å². The van der Waals surface area contributed by atoms with Crippen molar-refractivity contribution in [2.45, 2.75) is 20.0 Å². The van der Waals surface area contributed by atoms with Gasteiger partial charge in [-0.1, -0.05) is 29.8 Å². The Kier molecular flexibility index (Phi) is 9.79. The maximum Gasteiger partial charge on any atom is 0.191 e. The fourth-order valence-electron chi connectivity index (χ4n) is 2.37. The molecule has 0 spiro atoms. The number of hydrogen-bond donors (Lipinski definition) is 2. The highest BCUT2D eigenvalue weighted by Crippen LogP contribution is 2.36. The van der Waals surface area contributed by atoms with E-state index < -0.39 is 0 Å². The fraction of sp³-hybridized carbons (Fsp3) is 0.316. The monoisotopic (exact) mass is 533 g/mol. The summed E-state index contributed by atoms with van der Waals surface area (Å²) in [7, 11) is 5.01. The van der Waals surface area contributed by atoms with Crippen LogP contribution < -0.4 is 20.1 Å². The van der Waals surface area contributed by atoms with Crippen LogP contribution in [0, 0.1) is 6.92 Å². The molecule has 0 unspecified atom stereocenters. The summed E-state index contributed by atoms with van der Waals surface area (Å²) in [5.41, 5.74) is 3.52. The van der Waals surface area contributed by atoms with Crippen LogP contribution in [0.5, 0.6) is 11.5 Å². The second kappa shape index (κ2) is 11.3. The molecule has 0 heterocycles. The third kappa shape index (κ3) is 6.35. The van der Waals surface area contributed by atoms with Crippen molar-refractivity contribution >= 4 is 45.9 Å². The highest BCUT2D eigenvalue weighted by atomic mass is 127. The van der Waals surface area contributed by atoms with Gasteiger partial charge < -0.3 is 20.1 Å². The van der Waals surface area contributed by atoms with Crippen molar-refractivity contribution in [2.75, 3.05) is 21.3 Å². The highest BCUT2D eigenvalue weighted by Gasteiger charge is 2.10. The smallest absolute Gasteiger partial charge is 0.191 e. The minimum absolute atomic E-state index is 0. The number of halogens is 2. The lowest BCUT2D eigenvalue weighted by Gasteiger charge is -2.15. The Morgan fingerprint density at radius 2 is 1.62 bits per heavy atom. The lowest BCUT2D eigenvalue weighted by Crippen LogP contribution is -2.36. The number of guanidine groups is 1. The number of rotatable bonds is 6. The topological polar surface area (TPSA) is 54.9 Å². The maximum atomic E-state index is 5.38. The second-order valence-corrected chi connectivity index (χ2v) is 6.43. The molecule has 0 saturated carbocycles. The van der Waals surface area contributed by atoms with Gasteiger partial charge in [0.2, 0.25) is 0 Å². The molecule has 2 aromatic rings. The molecule has 0 aliphatic rings. The van der Waals surface area contributed by atoms with E-state index in [-0.39, 0.29) is 24.0 Å². The summed E-state index contributed by atoms with van der Waals surface area (Å²) in [6.07, 6.45) is 0. The first-order valence-corrected chi connectivity index (χ1v) is 8.77. The first-order valence-electron chi connectivity index (χ1n) is 7.97. The molecule has 7 heteroatoms. The van der Waals surface area contributed by atoms with Crippen LogP contribution in [0.3, 0.4) is 0 Å². The number of ether oxygens (including phenoxy) is 2. The van der Waals surface area contributed by atoms with E-state index in [1.807, 2.05) is 12.1 Å². The van der Waals surface area contributed by atoms with Crippen LogP contribution in [-0.4, -0.2) is 27.2 Å². The minimum atomic E-state index is 0. The van der Waals surface area contributed by atoms with Crippen molar-refractivity contribution in [3.8, 4) is 11.5 Å². The normalized spacial score (nSPS) is 10.7. The van der Waals surface area contributed by atoms with Crippen LogP contribution in [0.25, 0.3) is 0 Å². The molecule has 0 aliphatic carbocycles. The van der Waals surface area contributed by atoms with Gasteiger partial charge in [-0.2, -0.15) is 0 Å². The Labute approximate surface area is 180 Å². The number of aryl methyl sites for hydroxylation is 1. The number of hydrogen-bond acceptors (Lipinski definition) is 3. The molecule has 0 saturated heterocycles. The zero-order valence-corrected chi connectivity index (χ0v) is 19.3. The third-order valence-corrected chi connectivity index (χ3v) is 4.35. The largest absolute Gasteiger partial charge is 0.493 e. The van der Waals surface area contributed by atoms with Gasteiger partial charge in [0.15, 0.2) is 17.5 Å². The van der Waals surface area contributed by atoms with E-state index in [0.717, 1.165) is 22.5 Å². The number of nitrogens with zero attached hydrogens (tertiary/aromatic N) is 1. The molecule has 0 aliphatic heterocycles. The molecule has 5 nitrogen and oxygen atoms in total. The lowest BCUT2D eigenvalue weighted by atomic mass is 10.1. The predicted molar refractivity (Wildman–Crippen MR) is 121 cm³/mol. The Morgan fingerprint density at radius 1 is 1.00 bits per heavy atom. The van der Waals surface area contributed by atoms with Gasteiger partial charge in [-0.05, 0) is 46.1 Å². The summed E-state index contributed by atoms with van der Waals surface area (Å²) in [4.78, 5) is 4.26. The van der Waals surface area contributed by atoms with Crippen LogP contribution in [0.2, 0.25) is 0 Å². The van der Waals surface area contributed by atoms with E-state index in [2.05, 4.69) is 62.7 Å². The standard InChI is InChI=1S/C19H24BrN3O2.HI/c1-13-5-7-14(8-6-13)11-22-19(21-2)23-12-15-9-16(20)18(25-4)17(10-15)24-3;/h5-10H,11-12H2,1-4H3,(H2,21,22,23);1H. The molecule has 0 amide bonds. The summed E-state index contributed by atoms with van der Waals surface area (Å²) < 4.78 is 11.6. The molecule has 26 heavy (non-hydrogen) atoms. The Balaban J connectivity index is 0.00000338. The average Bonchev–Trinajstić information content (AvgIpc) is 2.62. The zero-order chi connectivity index (χ0) is 18.2. The summed E-state index contributed by atoms with van der Waals surface area (Å²) in [6.45, 7) is 3.42. The molecular weight excluding hydrogens is 509 g/mol.